The Morgan fingerprint density at radius 3 is 2.23 bits per heavy atom. The van der Waals surface area contributed by atoms with Gasteiger partial charge in [0, 0.05) is 35.1 Å². The van der Waals surface area contributed by atoms with Gasteiger partial charge < -0.3 is 10.6 Å². The lowest BCUT2D eigenvalue weighted by atomic mass is 10.1. The average molecular weight is 427 g/mol. The third-order valence-electron chi connectivity index (χ3n) is 4.85. The summed E-state index contributed by atoms with van der Waals surface area (Å²) in [5.41, 5.74) is 5.48. The number of nitrogens with one attached hydrogen (secondary N) is 2. The number of benzene rings is 3. The van der Waals surface area contributed by atoms with Crippen molar-refractivity contribution in [3.63, 3.8) is 0 Å². The molecule has 0 radical (unpaired) electrons. The van der Waals surface area contributed by atoms with Gasteiger partial charge in [0.05, 0.1) is 11.4 Å². The zero-order valence-corrected chi connectivity index (χ0v) is 17.9. The Hall–Kier alpha value is -3.77. The van der Waals surface area contributed by atoms with E-state index in [2.05, 4.69) is 10.6 Å². The maximum absolute atomic E-state index is 11.4. The monoisotopic (exact) mass is 426 g/mol. The number of Topliss-reactive ketones (excluding diaryl/α,β-unsaturated/α-hetero) is 1. The van der Waals surface area contributed by atoms with Gasteiger partial charge in [0.25, 0.3) is 0 Å². The van der Waals surface area contributed by atoms with E-state index in [4.69, 9.17) is 17.3 Å². The molecule has 0 fully saturated rings. The van der Waals surface area contributed by atoms with E-state index in [0.29, 0.717) is 17.2 Å². The van der Waals surface area contributed by atoms with Crippen LogP contribution in [0.3, 0.4) is 0 Å². The van der Waals surface area contributed by atoms with E-state index in [1.807, 2.05) is 83.7 Å². The van der Waals surface area contributed by atoms with Gasteiger partial charge >= 0.3 is 0 Å². The lowest BCUT2D eigenvalue weighted by Gasteiger charge is -2.11. The molecule has 0 bridgehead atoms. The second-order valence-electron chi connectivity index (χ2n) is 7.09. The average Bonchev–Trinajstić information content (AvgIpc) is 3.24. The van der Waals surface area contributed by atoms with E-state index in [-0.39, 0.29) is 5.78 Å². The van der Waals surface area contributed by atoms with Gasteiger partial charge in [0.2, 0.25) is 0 Å². The zero-order chi connectivity index (χ0) is 21.6. The Morgan fingerprint density at radius 2 is 1.58 bits per heavy atom. The van der Waals surface area contributed by atoms with E-state index < -0.39 is 0 Å². The second kappa shape index (κ2) is 9.36. The van der Waals surface area contributed by atoms with Gasteiger partial charge in [0.15, 0.2) is 10.9 Å². The van der Waals surface area contributed by atoms with Crippen LogP contribution in [0, 0.1) is 0 Å². The molecule has 0 unspecified atom stereocenters. The maximum atomic E-state index is 11.4. The molecule has 2 N–H and O–H groups in total. The van der Waals surface area contributed by atoms with Crippen LogP contribution >= 0.6 is 12.2 Å². The van der Waals surface area contributed by atoms with Gasteiger partial charge in [-0.1, -0.05) is 48.5 Å². The SMILES string of the molecule is CC(=O)c1ccc(NC(=S)NCc2cn(-c3ccccc3)nc2-c2ccccc2)cc1. The van der Waals surface area contributed by atoms with Gasteiger partial charge in [-0.3, -0.25) is 4.79 Å². The highest BCUT2D eigenvalue weighted by molar-refractivity contribution is 7.80. The van der Waals surface area contributed by atoms with Crippen LogP contribution in [0.2, 0.25) is 0 Å². The van der Waals surface area contributed by atoms with Crippen LogP contribution in [0.15, 0.2) is 91.1 Å². The molecule has 0 aliphatic rings. The number of nitrogens with zero attached hydrogens (tertiary/aromatic N) is 2. The minimum atomic E-state index is 0.0381. The van der Waals surface area contributed by atoms with Crippen LogP contribution in [0.25, 0.3) is 16.9 Å². The molecule has 0 aliphatic carbocycles. The minimum absolute atomic E-state index is 0.0381. The molecule has 4 rings (SSSR count). The third kappa shape index (κ3) is 5.05. The van der Waals surface area contributed by atoms with Crippen molar-refractivity contribution in [3.8, 4) is 16.9 Å². The number of anilines is 1. The number of carbonyl (C=O) groups excluding carboxylic acids is 1. The summed E-state index contributed by atoms with van der Waals surface area (Å²) in [6.07, 6.45) is 2.02. The first-order valence-electron chi connectivity index (χ1n) is 9.95. The van der Waals surface area contributed by atoms with Crippen molar-refractivity contribution < 1.29 is 4.79 Å². The van der Waals surface area contributed by atoms with E-state index in [1.165, 1.54) is 0 Å². The van der Waals surface area contributed by atoms with Crippen molar-refractivity contribution >= 4 is 28.8 Å². The summed E-state index contributed by atoms with van der Waals surface area (Å²) in [4.78, 5) is 11.4. The first kappa shape index (κ1) is 20.5. The lowest BCUT2D eigenvalue weighted by molar-refractivity contribution is 0.101. The topological polar surface area (TPSA) is 59.0 Å². The quantitative estimate of drug-likeness (QED) is 0.327. The predicted molar refractivity (Wildman–Crippen MR) is 129 cm³/mol. The third-order valence-corrected chi connectivity index (χ3v) is 5.09. The summed E-state index contributed by atoms with van der Waals surface area (Å²) in [6, 6.07) is 27.4. The molecule has 0 saturated carbocycles. The van der Waals surface area contributed by atoms with Gasteiger partial charge in [-0.15, -0.1) is 0 Å². The maximum Gasteiger partial charge on any atom is 0.171 e. The molecule has 3 aromatic carbocycles. The van der Waals surface area contributed by atoms with Gasteiger partial charge in [-0.05, 0) is 55.5 Å². The highest BCUT2D eigenvalue weighted by atomic mass is 32.1. The zero-order valence-electron chi connectivity index (χ0n) is 17.1. The van der Waals surface area contributed by atoms with Crippen molar-refractivity contribution in [2.45, 2.75) is 13.5 Å². The Balaban J connectivity index is 1.51. The van der Waals surface area contributed by atoms with E-state index in [9.17, 15) is 4.79 Å². The number of rotatable bonds is 6. The number of hydrogen-bond acceptors (Lipinski definition) is 3. The fraction of sp³-hybridized carbons (Fsp3) is 0.0800. The highest BCUT2D eigenvalue weighted by Crippen LogP contribution is 2.23. The summed E-state index contributed by atoms with van der Waals surface area (Å²) >= 11 is 5.46. The Bertz CT molecular complexity index is 1190. The number of hydrogen-bond donors (Lipinski definition) is 2. The molecular weight excluding hydrogens is 404 g/mol. The van der Waals surface area contributed by atoms with Crippen LogP contribution in [0.5, 0.6) is 0 Å². The molecule has 0 spiro atoms. The van der Waals surface area contributed by atoms with Crippen LogP contribution in [-0.4, -0.2) is 20.7 Å². The number of ketones is 1. The molecule has 4 aromatic rings. The van der Waals surface area contributed by atoms with Crippen LogP contribution in [0.4, 0.5) is 5.69 Å². The fourth-order valence-corrected chi connectivity index (χ4v) is 3.42. The lowest BCUT2D eigenvalue weighted by Crippen LogP contribution is -2.27. The molecule has 31 heavy (non-hydrogen) atoms. The summed E-state index contributed by atoms with van der Waals surface area (Å²) in [5.74, 6) is 0.0381. The van der Waals surface area contributed by atoms with Gasteiger partial charge in [0.1, 0.15) is 0 Å². The van der Waals surface area contributed by atoms with Crippen molar-refractivity contribution in [1.82, 2.24) is 15.1 Å². The van der Waals surface area contributed by atoms with Gasteiger partial charge in [-0.25, -0.2) is 4.68 Å². The standard InChI is InChI=1S/C25H22N4OS/c1-18(30)19-12-14-22(15-13-19)27-25(31)26-16-21-17-29(23-10-6-3-7-11-23)28-24(21)20-8-4-2-5-9-20/h2-15,17H,16H2,1H3,(H2,26,27,31). The largest absolute Gasteiger partial charge is 0.358 e. The smallest absolute Gasteiger partial charge is 0.171 e. The van der Waals surface area contributed by atoms with Crippen LogP contribution in [0.1, 0.15) is 22.8 Å². The first-order valence-corrected chi connectivity index (χ1v) is 10.4. The van der Waals surface area contributed by atoms with Crippen LogP contribution < -0.4 is 10.6 Å². The molecule has 0 amide bonds. The fourth-order valence-electron chi connectivity index (χ4n) is 3.23. The Morgan fingerprint density at radius 1 is 0.935 bits per heavy atom. The number of para-hydroxylation sites is 1. The normalized spacial score (nSPS) is 10.5. The summed E-state index contributed by atoms with van der Waals surface area (Å²) in [6.45, 7) is 2.07. The van der Waals surface area contributed by atoms with Crippen molar-refractivity contribution in [1.29, 1.82) is 0 Å². The number of carbonyl (C=O) groups is 1. The molecule has 0 atom stereocenters. The van der Waals surface area contributed by atoms with Crippen LogP contribution in [-0.2, 0) is 6.54 Å². The highest BCUT2D eigenvalue weighted by Gasteiger charge is 2.12. The van der Waals surface area contributed by atoms with Crippen molar-refractivity contribution in [3.05, 3.63) is 102 Å². The predicted octanol–water partition coefficient (Wildman–Crippen LogP) is 5.23. The molecule has 0 saturated heterocycles. The Kier molecular flexibility index (Phi) is 6.19. The molecule has 1 aromatic heterocycles. The summed E-state index contributed by atoms with van der Waals surface area (Å²) in [5, 5.41) is 11.7. The molecule has 6 heteroatoms. The second-order valence-corrected chi connectivity index (χ2v) is 7.50. The number of aromatic nitrogens is 2. The molecule has 5 nitrogen and oxygen atoms in total. The van der Waals surface area contributed by atoms with Crippen molar-refractivity contribution in [2.24, 2.45) is 0 Å². The molecule has 0 aliphatic heterocycles. The molecular formula is C25H22N4OS. The molecule has 1 heterocycles. The molecule has 154 valence electrons. The number of thiocarbonyl (C=S) groups is 1. The first-order chi connectivity index (χ1) is 15.1. The Labute approximate surface area is 186 Å². The van der Waals surface area contributed by atoms with Gasteiger partial charge in [-0.2, -0.15) is 5.10 Å². The minimum Gasteiger partial charge on any atom is -0.358 e. The van der Waals surface area contributed by atoms with Crippen molar-refractivity contribution in [2.75, 3.05) is 5.32 Å². The van der Waals surface area contributed by atoms with E-state index in [1.54, 1.807) is 19.1 Å². The van der Waals surface area contributed by atoms with E-state index >= 15 is 0 Å². The van der Waals surface area contributed by atoms with E-state index in [0.717, 1.165) is 28.2 Å². The summed E-state index contributed by atoms with van der Waals surface area (Å²) in [7, 11) is 0. The summed E-state index contributed by atoms with van der Waals surface area (Å²) < 4.78 is 1.89.